The Morgan fingerprint density at radius 3 is 2.03 bits per heavy atom. The van der Waals surface area contributed by atoms with Gasteiger partial charge in [0.2, 0.25) is 20.0 Å². The van der Waals surface area contributed by atoms with Crippen molar-refractivity contribution in [3.8, 4) is 5.75 Å². The van der Waals surface area contributed by atoms with Crippen molar-refractivity contribution in [2.75, 3.05) is 19.0 Å². The van der Waals surface area contributed by atoms with Gasteiger partial charge in [-0.1, -0.05) is 0 Å². The summed E-state index contributed by atoms with van der Waals surface area (Å²) in [5, 5.41) is 7.38. The predicted octanol–water partition coefficient (Wildman–Crippen LogP) is 0.191. The van der Waals surface area contributed by atoms with Crippen molar-refractivity contribution in [2.45, 2.75) is 22.8 Å². The van der Waals surface area contributed by atoms with E-state index in [4.69, 9.17) is 14.6 Å². The van der Waals surface area contributed by atoms with E-state index in [-0.39, 0.29) is 15.5 Å². The molecule has 2 aromatic rings. The molecule has 0 radical (unpaired) electrons. The number of hydrogen-bond donors (Lipinski definition) is 3. The van der Waals surface area contributed by atoms with Crippen molar-refractivity contribution in [1.82, 2.24) is 4.72 Å². The second kappa shape index (κ2) is 9.87. The summed E-state index contributed by atoms with van der Waals surface area (Å²) in [5.41, 5.74) is 0.252. The van der Waals surface area contributed by atoms with Crippen molar-refractivity contribution in [3.63, 3.8) is 0 Å². The van der Waals surface area contributed by atoms with Gasteiger partial charge < -0.3 is 14.8 Å². The quantitative estimate of drug-likeness (QED) is 0.435. The third-order valence-electron chi connectivity index (χ3n) is 3.87. The first-order chi connectivity index (χ1) is 14.4. The smallest absolute Gasteiger partial charge is 0.324 e. The van der Waals surface area contributed by atoms with Gasteiger partial charge in [0, 0.05) is 5.69 Å². The number of anilines is 1. The minimum atomic E-state index is -4.00. The fourth-order valence-electron chi connectivity index (χ4n) is 2.29. The number of nitrogens with two attached hydrogens (primary N) is 1. The van der Waals surface area contributed by atoms with E-state index in [1.807, 2.05) is 0 Å². The molecule has 0 aliphatic rings. The van der Waals surface area contributed by atoms with Crippen LogP contribution in [0.2, 0.25) is 0 Å². The van der Waals surface area contributed by atoms with Gasteiger partial charge in [-0.2, -0.15) is 4.72 Å². The van der Waals surface area contributed by atoms with Crippen LogP contribution in [-0.2, 0) is 34.4 Å². The number of rotatable bonds is 9. The molecule has 168 valence electrons. The lowest BCUT2D eigenvalue weighted by atomic mass is 10.3. The number of carbonyl (C=O) groups is 2. The molecule has 0 aromatic heterocycles. The largest absolute Gasteiger partial charge is 0.497 e. The summed E-state index contributed by atoms with van der Waals surface area (Å²) in [4.78, 5) is 23.7. The van der Waals surface area contributed by atoms with Crippen LogP contribution in [-0.4, -0.2) is 48.5 Å². The van der Waals surface area contributed by atoms with E-state index in [0.717, 1.165) is 0 Å². The van der Waals surface area contributed by atoms with Gasteiger partial charge in [0.1, 0.15) is 11.8 Å². The molecule has 2 rings (SSSR count). The van der Waals surface area contributed by atoms with Crippen molar-refractivity contribution in [2.24, 2.45) is 5.14 Å². The monoisotopic (exact) mass is 471 g/mol. The number of amides is 1. The highest BCUT2D eigenvalue weighted by Crippen LogP contribution is 2.16. The molecule has 0 aliphatic heterocycles. The molecule has 1 unspecified atom stereocenters. The first kappa shape index (κ1) is 24.3. The highest BCUT2D eigenvalue weighted by molar-refractivity contribution is 7.89. The van der Waals surface area contributed by atoms with Gasteiger partial charge >= 0.3 is 5.97 Å². The van der Waals surface area contributed by atoms with Crippen molar-refractivity contribution in [1.29, 1.82) is 0 Å². The minimum absolute atomic E-state index is 0.0753. The van der Waals surface area contributed by atoms with E-state index in [0.29, 0.717) is 5.75 Å². The van der Waals surface area contributed by atoms with Crippen LogP contribution >= 0.6 is 0 Å². The van der Waals surface area contributed by atoms with E-state index >= 15 is 0 Å². The molecule has 0 saturated heterocycles. The van der Waals surface area contributed by atoms with Crippen LogP contribution in [0.5, 0.6) is 5.75 Å². The molecule has 0 heterocycles. The highest BCUT2D eigenvalue weighted by Gasteiger charge is 2.23. The first-order valence-electron chi connectivity index (χ1n) is 8.68. The third kappa shape index (κ3) is 7.03. The third-order valence-corrected chi connectivity index (χ3v) is 6.35. The molecule has 0 saturated carbocycles. The number of nitrogens with one attached hydrogen (secondary N) is 2. The summed E-state index contributed by atoms with van der Waals surface area (Å²) in [6.07, 6.45) is 0. The lowest BCUT2D eigenvalue weighted by molar-refractivity contribution is -0.148. The molecular weight excluding hydrogens is 450 g/mol. The molecule has 11 nitrogen and oxygen atoms in total. The van der Waals surface area contributed by atoms with Gasteiger partial charge in [-0.3, -0.25) is 9.59 Å². The van der Waals surface area contributed by atoms with Gasteiger partial charge in [-0.25, -0.2) is 22.0 Å². The Kier molecular flexibility index (Phi) is 7.73. The molecule has 0 bridgehead atoms. The summed E-state index contributed by atoms with van der Waals surface area (Å²) < 4.78 is 59.0. The summed E-state index contributed by atoms with van der Waals surface area (Å²) >= 11 is 0. The Hall–Kier alpha value is -3.00. The van der Waals surface area contributed by atoms with E-state index in [1.54, 1.807) is 0 Å². The number of carbonyl (C=O) groups excluding carboxylic acids is 2. The van der Waals surface area contributed by atoms with Gasteiger partial charge in [-0.05, 0) is 55.5 Å². The fraction of sp³-hybridized carbons (Fsp3) is 0.222. The maximum Gasteiger partial charge on any atom is 0.324 e. The Labute approximate surface area is 179 Å². The molecular formula is C18H21N3O8S2. The van der Waals surface area contributed by atoms with Gasteiger partial charge in [0.15, 0.2) is 6.61 Å². The van der Waals surface area contributed by atoms with Crippen LogP contribution in [0.3, 0.4) is 0 Å². The molecule has 2 aromatic carbocycles. The highest BCUT2D eigenvalue weighted by atomic mass is 32.2. The maximum atomic E-state index is 12.3. The molecule has 13 heteroatoms. The van der Waals surface area contributed by atoms with Gasteiger partial charge in [0.05, 0.1) is 16.9 Å². The number of sulfonamides is 2. The number of ether oxygens (including phenoxy) is 2. The Bertz CT molecular complexity index is 1150. The van der Waals surface area contributed by atoms with Crippen LogP contribution in [0.1, 0.15) is 6.92 Å². The van der Waals surface area contributed by atoms with Crippen molar-refractivity contribution >= 4 is 37.6 Å². The van der Waals surface area contributed by atoms with E-state index in [1.165, 1.54) is 62.6 Å². The molecule has 0 aliphatic carbocycles. The summed E-state index contributed by atoms with van der Waals surface area (Å²) in [7, 11) is -6.42. The van der Waals surface area contributed by atoms with Crippen LogP contribution in [0.15, 0.2) is 58.3 Å². The number of methoxy groups -OCH3 is 1. The van der Waals surface area contributed by atoms with Gasteiger partial charge in [-0.15, -0.1) is 0 Å². The van der Waals surface area contributed by atoms with E-state index < -0.39 is 44.6 Å². The Morgan fingerprint density at radius 1 is 0.968 bits per heavy atom. The Balaban J connectivity index is 1.88. The topological polar surface area (TPSA) is 171 Å². The normalized spacial score (nSPS) is 12.6. The molecule has 0 spiro atoms. The SMILES string of the molecule is COc1ccc(S(=O)(=O)NC(C)C(=O)OCC(=O)Nc2ccc(S(N)(=O)=O)cc2)cc1. The lowest BCUT2D eigenvalue weighted by Gasteiger charge is -2.14. The second-order valence-electron chi connectivity index (χ2n) is 6.24. The minimum Gasteiger partial charge on any atom is -0.497 e. The van der Waals surface area contributed by atoms with Crippen molar-refractivity contribution in [3.05, 3.63) is 48.5 Å². The standard InChI is InChI=1S/C18H21N3O8S2/c1-12(21-31(26,27)16-9-5-14(28-2)6-10-16)18(23)29-11-17(22)20-13-3-7-15(8-4-13)30(19,24)25/h3-10,12,21H,11H2,1-2H3,(H,20,22)(H2,19,24,25). The fourth-order valence-corrected chi connectivity index (χ4v) is 4.00. The summed E-state index contributed by atoms with van der Waals surface area (Å²) in [6.45, 7) is 0.595. The predicted molar refractivity (Wildman–Crippen MR) is 110 cm³/mol. The molecule has 1 amide bonds. The Morgan fingerprint density at radius 2 is 1.52 bits per heavy atom. The zero-order valence-electron chi connectivity index (χ0n) is 16.6. The number of benzene rings is 2. The summed E-state index contributed by atoms with van der Waals surface area (Å²) in [5.74, 6) is -1.20. The number of primary sulfonamides is 1. The van der Waals surface area contributed by atoms with Crippen molar-refractivity contribution < 1.29 is 35.9 Å². The zero-order valence-corrected chi connectivity index (χ0v) is 18.2. The van der Waals surface area contributed by atoms with Crippen LogP contribution in [0, 0.1) is 0 Å². The van der Waals surface area contributed by atoms with E-state index in [2.05, 4.69) is 10.0 Å². The van der Waals surface area contributed by atoms with Gasteiger partial charge in [0.25, 0.3) is 5.91 Å². The lowest BCUT2D eigenvalue weighted by Crippen LogP contribution is -2.40. The number of hydrogen-bond acceptors (Lipinski definition) is 8. The average Bonchev–Trinajstić information content (AvgIpc) is 2.71. The van der Waals surface area contributed by atoms with E-state index in [9.17, 15) is 26.4 Å². The first-order valence-corrected chi connectivity index (χ1v) is 11.7. The maximum absolute atomic E-state index is 12.3. The molecule has 4 N–H and O–H groups in total. The molecule has 0 fully saturated rings. The summed E-state index contributed by atoms with van der Waals surface area (Å²) in [6, 6.07) is 9.31. The van der Waals surface area contributed by atoms with Crippen LogP contribution in [0.25, 0.3) is 0 Å². The van der Waals surface area contributed by atoms with Crippen LogP contribution in [0.4, 0.5) is 5.69 Å². The molecule has 31 heavy (non-hydrogen) atoms. The zero-order chi connectivity index (χ0) is 23.2. The average molecular weight is 472 g/mol. The molecule has 1 atom stereocenters. The number of esters is 1. The van der Waals surface area contributed by atoms with Crippen LogP contribution < -0.4 is 19.9 Å². The second-order valence-corrected chi connectivity index (χ2v) is 9.52.